The Balaban J connectivity index is 0.798. The maximum atomic E-state index is 13.8. The normalized spacial score (nSPS) is 23.7. The summed E-state index contributed by atoms with van der Waals surface area (Å²) in [6.45, 7) is 5.91. The van der Waals surface area contributed by atoms with Crippen LogP contribution in [0.15, 0.2) is 60.1 Å². The lowest BCUT2D eigenvalue weighted by Gasteiger charge is -2.36. The van der Waals surface area contributed by atoms with E-state index in [-0.39, 0.29) is 65.1 Å². The number of benzene rings is 2. The van der Waals surface area contributed by atoms with E-state index in [9.17, 15) is 28.4 Å². The number of morpholine rings is 1. The van der Waals surface area contributed by atoms with E-state index < -0.39 is 17.9 Å². The molecular formula is C44H46FN9O6. The van der Waals surface area contributed by atoms with Crippen molar-refractivity contribution in [2.75, 3.05) is 49.6 Å². The van der Waals surface area contributed by atoms with E-state index in [0.29, 0.717) is 56.8 Å². The van der Waals surface area contributed by atoms with Gasteiger partial charge in [0.25, 0.3) is 11.8 Å². The van der Waals surface area contributed by atoms with Crippen molar-refractivity contribution in [2.24, 2.45) is 11.8 Å². The molecule has 15 nitrogen and oxygen atoms in total. The van der Waals surface area contributed by atoms with Gasteiger partial charge in [0.15, 0.2) is 11.5 Å². The van der Waals surface area contributed by atoms with Crippen molar-refractivity contribution < 1.29 is 33.1 Å². The number of anilines is 2. The number of amides is 3. The first-order valence-corrected chi connectivity index (χ1v) is 20.9. The van der Waals surface area contributed by atoms with Crippen molar-refractivity contribution in [1.29, 1.82) is 0 Å². The summed E-state index contributed by atoms with van der Waals surface area (Å²) in [6, 6.07) is 10.6. The molecule has 5 aliphatic rings. The summed E-state index contributed by atoms with van der Waals surface area (Å²) in [5, 5.41) is 11.8. The van der Waals surface area contributed by atoms with Crippen LogP contribution in [-0.2, 0) is 19.1 Å². The van der Waals surface area contributed by atoms with Gasteiger partial charge in [0.05, 0.1) is 54.0 Å². The van der Waals surface area contributed by atoms with E-state index in [0.717, 1.165) is 65.8 Å². The van der Waals surface area contributed by atoms with Gasteiger partial charge in [-0.1, -0.05) is 0 Å². The highest BCUT2D eigenvalue weighted by Crippen LogP contribution is 2.36. The summed E-state index contributed by atoms with van der Waals surface area (Å²) in [7, 11) is 0. The van der Waals surface area contributed by atoms with Gasteiger partial charge in [0.2, 0.25) is 5.91 Å². The molecule has 1 unspecified atom stereocenters. The van der Waals surface area contributed by atoms with Crippen molar-refractivity contribution in [3.63, 3.8) is 0 Å². The molecule has 3 saturated heterocycles. The molecule has 2 atom stereocenters. The molecule has 4 aromatic rings. The fraction of sp³-hybridized carbons (Fsp3) is 0.455. The monoisotopic (exact) mass is 815 g/mol. The van der Waals surface area contributed by atoms with Crippen LogP contribution in [0.5, 0.6) is 0 Å². The van der Waals surface area contributed by atoms with Gasteiger partial charge in [-0.15, -0.1) is 0 Å². The van der Waals surface area contributed by atoms with Crippen molar-refractivity contribution in [3.8, 4) is 11.4 Å². The summed E-state index contributed by atoms with van der Waals surface area (Å²) < 4.78 is 21.5. The summed E-state index contributed by atoms with van der Waals surface area (Å²) in [4.78, 5) is 78.5. The first-order chi connectivity index (χ1) is 29.2. The lowest BCUT2D eigenvalue weighted by Crippen LogP contribution is -2.46. The molecule has 1 aliphatic carbocycles. The van der Waals surface area contributed by atoms with Gasteiger partial charge in [-0.05, 0) is 100 Å². The highest BCUT2D eigenvalue weighted by molar-refractivity contribution is 6.22. The Hall–Kier alpha value is -6.21. The van der Waals surface area contributed by atoms with Crippen molar-refractivity contribution in [3.05, 3.63) is 77.0 Å². The molecule has 16 heteroatoms. The number of rotatable bonds is 8. The molecule has 1 saturated carbocycles. The molecule has 310 valence electrons. The summed E-state index contributed by atoms with van der Waals surface area (Å²) >= 11 is 0. The van der Waals surface area contributed by atoms with E-state index >= 15 is 0 Å². The molecule has 2 aromatic heterocycles. The molecule has 0 bridgehead atoms. The smallest absolute Gasteiger partial charge is 0.262 e. The van der Waals surface area contributed by atoms with Crippen LogP contribution < -0.4 is 15.5 Å². The minimum atomic E-state index is -0.832. The number of nitrogens with zero attached hydrogens (tertiary/aromatic N) is 7. The Labute approximate surface area is 345 Å². The average Bonchev–Trinajstić information content (AvgIpc) is 3.82. The number of carbonyl (C=O) groups excluding carboxylic acids is 5. The number of hydrogen-bond acceptors (Lipinski definition) is 12. The number of imide groups is 1. The van der Waals surface area contributed by atoms with Crippen molar-refractivity contribution in [2.45, 2.75) is 76.4 Å². The summed E-state index contributed by atoms with van der Waals surface area (Å²) in [6.07, 6.45) is 7.21. The number of hydrogen-bond donors (Lipinski definition) is 2. The number of fused-ring (bicyclic) bond motifs is 2. The molecule has 0 radical (unpaired) electrons. The molecule has 2 N–H and O–H groups in total. The molecule has 4 fully saturated rings. The molecular weight excluding hydrogens is 770 g/mol. The summed E-state index contributed by atoms with van der Waals surface area (Å²) in [5.41, 5.74) is 2.86. The third-order valence-corrected chi connectivity index (χ3v) is 12.8. The maximum Gasteiger partial charge on any atom is 0.262 e. The van der Waals surface area contributed by atoms with Gasteiger partial charge in [-0.25, -0.2) is 28.6 Å². The topological polar surface area (TPSA) is 172 Å². The lowest BCUT2D eigenvalue weighted by molar-refractivity contribution is -0.138. The van der Waals surface area contributed by atoms with Crippen LogP contribution in [0.25, 0.3) is 22.4 Å². The number of allylic oxidation sites excluding steroid dienone is 1. The fourth-order valence-electron chi connectivity index (χ4n) is 9.45. The third-order valence-electron chi connectivity index (χ3n) is 12.8. The third kappa shape index (κ3) is 7.35. The second-order valence-electron chi connectivity index (χ2n) is 16.5. The molecule has 3 amide bonds. The predicted octanol–water partition coefficient (Wildman–Crippen LogP) is 4.72. The molecule has 6 heterocycles. The first-order valence-electron chi connectivity index (χ1n) is 20.9. The van der Waals surface area contributed by atoms with Crippen LogP contribution >= 0.6 is 0 Å². The van der Waals surface area contributed by atoms with Crippen LogP contribution in [0.2, 0.25) is 0 Å². The van der Waals surface area contributed by atoms with Crippen molar-refractivity contribution in [1.82, 2.24) is 34.9 Å². The first kappa shape index (κ1) is 39.3. The molecule has 9 rings (SSSR count). The largest absolute Gasteiger partial charge is 0.385 e. The van der Waals surface area contributed by atoms with E-state index in [1.165, 1.54) is 12.1 Å². The van der Waals surface area contributed by atoms with Crippen LogP contribution in [0, 0.1) is 17.7 Å². The van der Waals surface area contributed by atoms with Crippen LogP contribution in [0.4, 0.5) is 15.9 Å². The Morgan fingerprint density at radius 3 is 2.43 bits per heavy atom. The molecule has 0 spiro atoms. The quantitative estimate of drug-likeness (QED) is 0.186. The second kappa shape index (κ2) is 16.4. The molecule has 2 aromatic carbocycles. The zero-order valence-electron chi connectivity index (χ0n) is 33.4. The van der Waals surface area contributed by atoms with Crippen LogP contribution in [0.1, 0.15) is 85.0 Å². The number of aromatic nitrogens is 4. The number of halogens is 1. The minimum Gasteiger partial charge on any atom is -0.385 e. The maximum absolute atomic E-state index is 13.8. The van der Waals surface area contributed by atoms with Gasteiger partial charge >= 0.3 is 0 Å². The fourth-order valence-corrected chi connectivity index (χ4v) is 9.45. The zero-order valence-corrected chi connectivity index (χ0v) is 33.4. The molecule has 4 aliphatic heterocycles. The van der Waals surface area contributed by atoms with E-state index in [4.69, 9.17) is 19.8 Å². The molecule has 60 heavy (non-hydrogen) atoms. The Bertz CT molecular complexity index is 2440. The van der Waals surface area contributed by atoms with Gasteiger partial charge in [-0.3, -0.25) is 19.3 Å². The average molecular weight is 816 g/mol. The standard InChI is InChI=1S/C44H46FN9O6/c1-26-25-60-19-18-52(26)40-36-22-47-54(41(36)50-39(49-40)28-6-8-30(45)9-7-28)33-14-16-51(17-15-33)42(57)29-4-2-27(3-5-29)21-46-31-10-12-34-35(20-31)44(59)53(43(34)58)38-13-11-32(23-55)48-37(38)24-56/h6-10,12,20,22,26-27,29,33,38,46,48H,2-5,11,13-19,21,25H2,1H3/t26-,27-,29-,38?/m0/s1. The lowest BCUT2D eigenvalue weighted by atomic mass is 9.81. The number of piperidine rings is 2. The summed E-state index contributed by atoms with van der Waals surface area (Å²) in [5.74, 6) is 4.01. The Morgan fingerprint density at radius 2 is 1.70 bits per heavy atom. The van der Waals surface area contributed by atoms with Crippen LogP contribution in [-0.4, -0.2) is 111 Å². The number of ether oxygens (including phenoxy) is 1. The van der Waals surface area contributed by atoms with Crippen molar-refractivity contribution >= 4 is 52.1 Å². The SMILES string of the molecule is C[C@H]1COCCN1c1nc(-c2ccc(F)cc2)nc2c1cnn2C1CCN(C(=O)[C@H]2CC[C@H](CNc3ccc4c(c3)C(=O)N(C3CCC(=C=O)NC3=C=O)C4=O)CC2)CC1. The van der Waals surface area contributed by atoms with Crippen LogP contribution in [0.3, 0.4) is 0 Å². The van der Waals surface area contributed by atoms with Gasteiger partial charge < -0.3 is 25.2 Å². The zero-order chi connectivity index (χ0) is 41.5. The van der Waals surface area contributed by atoms with E-state index in [2.05, 4.69) is 22.5 Å². The van der Waals surface area contributed by atoms with E-state index in [1.807, 2.05) is 15.8 Å². The number of nitrogens with one attached hydrogen (secondary N) is 2. The van der Waals surface area contributed by atoms with Gasteiger partial charge in [0.1, 0.15) is 34.9 Å². The van der Waals surface area contributed by atoms with E-state index in [1.54, 1.807) is 42.2 Å². The number of carbonyl (C=O) groups is 3. The second-order valence-corrected chi connectivity index (χ2v) is 16.5. The number of likely N-dealkylation sites (tertiary alicyclic amines) is 1. The van der Waals surface area contributed by atoms with Gasteiger partial charge in [-0.2, -0.15) is 5.10 Å². The highest BCUT2D eigenvalue weighted by Gasteiger charge is 2.43. The van der Waals surface area contributed by atoms with Gasteiger partial charge in [0, 0.05) is 49.8 Å². The predicted molar refractivity (Wildman–Crippen MR) is 219 cm³/mol. The highest BCUT2D eigenvalue weighted by atomic mass is 19.1. The minimum absolute atomic E-state index is 0.0280. The Kier molecular flexibility index (Phi) is 10.8. The Morgan fingerprint density at radius 1 is 0.933 bits per heavy atom.